The van der Waals surface area contributed by atoms with E-state index >= 15 is 0 Å². The van der Waals surface area contributed by atoms with Gasteiger partial charge in [-0.2, -0.15) is 13.2 Å². The Bertz CT molecular complexity index is 345. The molecule has 0 saturated heterocycles. The zero-order valence-electron chi connectivity index (χ0n) is 8.91. The van der Waals surface area contributed by atoms with Gasteiger partial charge in [0.25, 0.3) is 0 Å². The summed E-state index contributed by atoms with van der Waals surface area (Å²) in [7, 11) is 0. The summed E-state index contributed by atoms with van der Waals surface area (Å²) in [5, 5.41) is 1.77. The fraction of sp³-hybridized carbons (Fsp3) is 0.500. The largest absolute Gasteiger partial charge is 0.471 e. The van der Waals surface area contributed by atoms with Gasteiger partial charge in [0.05, 0.1) is 6.54 Å². The summed E-state index contributed by atoms with van der Waals surface area (Å²) >= 11 is 1.34. The second-order valence-electron chi connectivity index (χ2n) is 3.60. The molecular weight excluding hydrogens is 239 g/mol. The molecule has 1 heterocycles. The number of amides is 1. The predicted octanol–water partition coefficient (Wildman–Crippen LogP) is 3.05. The van der Waals surface area contributed by atoms with Crippen LogP contribution in [0.2, 0.25) is 0 Å². The number of hydrogen-bond donors (Lipinski definition) is 0. The molecule has 16 heavy (non-hydrogen) atoms. The van der Waals surface area contributed by atoms with Crippen LogP contribution in [-0.4, -0.2) is 23.0 Å². The van der Waals surface area contributed by atoms with Gasteiger partial charge in [-0.25, -0.2) is 0 Å². The van der Waals surface area contributed by atoms with Gasteiger partial charge in [-0.1, -0.05) is 6.07 Å². The molecule has 1 aromatic heterocycles. The maximum atomic E-state index is 12.3. The van der Waals surface area contributed by atoms with Crippen LogP contribution in [0, 0.1) is 0 Å². The summed E-state index contributed by atoms with van der Waals surface area (Å²) in [5.41, 5.74) is 0. The lowest BCUT2D eigenvalue weighted by Crippen LogP contribution is -2.44. The van der Waals surface area contributed by atoms with Gasteiger partial charge in [-0.15, -0.1) is 11.3 Å². The first-order chi connectivity index (χ1) is 7.32. The third-order valence-electron chi connectivity index (χ3n) is 2.03. The van der Waals surface area contributed by atoms with E-state index in [1.165, 1.54) is 11.3 Å². The van der Waals surface area contributed by atoms with Crippen molar-refractivity contribution in [2.45, 2.75) is 32.6 Å². The van der Waals surface area contributed by atoms with Crippen LogP contribution in [0.1, 0.15) is 18.7 Å². The third kappa shape index (κ3) is 3.23. The maximum absolute atomic E-state index is 12.3. The Morgan fingerprint density at radius 2 is 2.12 bits per heavy atom. The Kier molecular flexibility index (Phi) is 3.96. The summed E-state index contributed by atoms with van der Waals surface area (Å²) in [4.78, 5) is 12.7. The molecule has 0 radical (unpaired) electrons. The molecule has 0 aliphatic heterocycles. The summed E-state index contributed by atoms with van der Waals surface area (Å²) in [5.74, 6) is -1.78. The van der Waals surface area contributed by atoms with Gasteiger partial charge in [-0.3, -0.25) is 4.79 Å². The summed E-state index contributed by atoms with van der Waals surface area (Å²) in [6.45, 7) is 3.14. The Labute approximate surface area is 95.7 Å². The molecule has 1 rings (SSSR count). The molecule has 0 bridgehead atoms. The van der Waals surface area contributed by atoms with Gasteiger partial charge in [0.15, 0.2) is 0 Å². The standard InChI is InChI=1S/C10H12F3NOS/c1-7(2)14(9(15)10(11,12)13)6-8-4-3-5-16-8/h3-5,7H,6H2,1-2H3. The van der Waals surface area contributed by atoms with E-state index in [0.717, 1.165) is 9.78 Å². The van der Waals surface area contributed by atoms with Crippen LogP contribution in [0.3, 0.4) is 0 Å². The van der Waals surface area contributed by atoms with Crippen LogP contribution in [0.15, 0.2) is 17.5 Å². The van der Waals surface area contributed by atoms with Crippen molar-refractivity contribution in [1.29, 1.82) is 0 Å². The highest BCUT2D eigenvalue weighted by Crippen LogP contribution is 2.22. The average Bonchev–Trinajstić information content (AvgIpc) is 2.63. The Balaban J connectivity index is 2.80. The molecule has 6 heteroatoms. The second-order valence-corrected chi connectivity index (χ2v) is 4.64. The van der Waals surface area contributed by atoms with Crippen molar-refractivity contribution in [1.82, 2.24) is 4.90 Å². The smallest absolute Gasteiger partial charge is 0.327 e. The summed E-state index contributed by atoms with van der Waals surface area (Å²) in [6.07, 6.45) is -4.80. The van der Waals surface area contributed by atoms with Crippen molar-refractivity contribution in [3.05, 3.63) is 22.4 Å². The van der Waals surface area contributed by atoms with E-state index in [2.05, 4.69) is 0 Å². The molecule has 0 aliphatic carbocycles. The lowest BCUT2D eigenvalue weighted by atomic mass is 10.3. The van der Waals surface area contributed by atoms with Crippen molar-refractivity contribution in [3.8, 4) is 0 Å². The SMILES string of the molecule is CC(C)N(Cc1cccs1)C(=O)C(F)(F)F. The zero-order chi connectivity index (χ0) is 12.3. The number of carbonyl (C=O) groups excluding carboxylic acids is 1. The minimum atomic E-state index is -4.80. The molecule has 0 N–H and O–H groups in total. The minimum Gasteiger partial charge on any atom is -0.327 e. The lowest BCUT2D eigenvalue weighted by Gasteiger charge is -2.26. The van der Waals surface area contributed by atoms with E-state index in [1.54, 1.807) is 31.4 Å². The zero-order valence-corrected chi connectivity index (χ0v) is 9.73. The third-order valence-corrected chi connectivity index (χ3v) is 2.89. The maximum Gasteiger partial charge on any atom is 0.471 e. The van der Waals surface area contributed by atoms with E-state index in [1.807, 2.05) is 0 Å². The molecule has 0 aliphatic rings. The van der Waals surface area contributed by atoms with E-state index in [9.17, 15) is 18.0 Å². The molecule has 0 aromatic carbocycles. The molecule has 0 atom stereocenters. The van der Waals surface area contributed by atoms with Crippen LogP contribution >= 0.6 is 11.3 Å². The molecule has 0 fully saturated rings. The molecule has 0 unspecified atom stereocenters. The monoisotopic (exact) mass is 251 g/mol. The highest BCUT2D eigenvalue weighted by atomic mass is 32.1. The van der Waals surface area contributed by atoms with Gasteiger partial charge in [-0.05, 0) is 25.3 Å². The number of alkyl halides is 3. The van der Waals surface area contributed by atoms with Gasteiger partial charge >= 0.3 is 12.1 Å². The van der Waals surface area contributed by atoms with E-state index in [4.69, 9.17) is 0 Å². The van der Waals surface area contributed by atoms with Crippen molar-refractivity contribution in [3.63, 3.8) is 0 Å². The first-order valence-electron chi connectivity index (χ1n) is 4.72. The Morgan fingerprint density at radius 3 is 2.50 bits per heavy atom. The average molecular weight is 251 g/mol. The van der Waals surface area contributed by atoms with E-state index in [-0.39, 0.29) is 6.54 Å². The van der Waals surface area contributed by atoms with Crippen molar-refractivity contribution >= 4 is 17.2 Å². The fourth-order valence-corrected chi connectivity index (χ4v) is 1.92. The first kappa shape index (κ1) is 13.0. The molecule has 2 nitrogen and oxygen atoms in total. The van der Waals surface area contributed by atoms with Crippen LogP contribution in [0.5, 0.6) is 0 Å². The summed E-state index contributed by atoms with van der Waals surface area (Å²) in [6, 6.07) is 2.98. The predicted molar refractivity (Wildman–Crippen MR) is 56.1 cm³/mol. The number of nitrogens with zero attached hydrogens (tertiary/aromatic N) is 1. The number of rotatable bonds is 3. The van der Waals surface area contributed by atoms with Crippen LogP contribution in [0.4, 0.5) is 13.2 Å². The molecule has 1 amide bonds. The van der Waals surface area contributed by atoms with E-state index in [0.29, 0.717) is 0 Å². The Morgan fingerprint density at radius 1 is 1.50 bits per heavy atom. The van der Waals surface area contributed by atoms with Crippen LogP contribution < -0.4 is 0 Å². The second kappa shape index (κ2) is 4.86. The van der Waals surface area contributed by atoms with Crippen molar-refractivity contribution in [2.75, 3.05) is 0 Å². The highest BCUT2D eigenvalue weighted by Gasteiger charge is 2.43. The number of carbonyl (C=O) groups is 1. The highest BCUT2D eigenvalue weighted by molar-refractivity contribution is 7.09. The van der Waals surface area contributed by atoms with Gasteiger partial charge < -0.3 is 4.90 Å². The number of hydrogen-bond acceptors (Lipinski definition) is 2. The van der Waals surface area contributed by atoms with Gasteiger partial charge in [0, 0.05) is 10.9 Å². The van der Waals surface area contributed by atoms with E-state index < -0.39 is 18.1 Å². The molecule has 0 spiro atoms. The minimum absolute atomic E-state index is 0.00762. The van der Waals surface area contributed by atoms with Crippen LogP contribution in [0.25, 0.3) is 0 Å². The van der Waals surface area contributed by atoms with Crippen LogP contribution in [-0.2, 0) is 11.3 Å². The van der Waals surface area contributed by atoms with Gasteiger partial charge in [0.1, 0.15) is 0 Å². The van der Waals surface area contributed by atoms with Crippen molar-refractivity contribution < 1.29 is 18.0 Å². The number of thiophene rings is 1. The number of halogens is 3. The lowest BCUT2D eigenvalue weighted by molar-refractivity contribution is -0.187. The quantitative estimate of drug-likeness (QED) is 0.808. The molecule has 90 valence electrons. The molecular formula is C10H12F3NOS. The molecule has 1 aromatic rings. The fourth-order valence-electron chi connectivity index (χ4n) is 1.22. The van der Waals surface area contributed by atoms with Crippen molar-refractivity contribution in [2.24, 2.45) is 0 Å². The molecule has 0 saturated carbocycles. The topological polar surface area (TPSA) is 20.3 Å². The summed E-state index contributed by atoms with van der Waals surface area (Å²) < 4.78 is 36.9. The first-order valence-corrected chi connectivity index (χ1v) is 5.60. The van der Waals surface area contributed by atoms with Gasteiger partial charge in [0.2, 0.25) is 0 Å². The Hall–Kier alpha value is -1.04. The normalized spacial score (nSPS) is 11.9.